The van der Waals surface area contributed by atoms with Crippen molar-refractivity contribution in [2.24, 2.45) is 5.73 Å². The van der Waals surface area contributed by atoms with Gasteiger partial charge in [-0.3, -0.25) is 15.0 Å². The normalized spacial score (nSPS) is 18.4. The molecule has 1 aromatic rings. The van der Waals surface area contributed by atoms with Crippen molar-refractivity contribution in [2.45, 2.75) is 45.6 Å². The fourth-order valence-electron chi connectivity index (χ4n) is 3.21. The molecule has 0 aromatic heterocycles. The lowest BCUT2D eigenvalue weighted by Gasteiger charge is -2.26. The summed E-state index contributed by atoms with van der Waals surface area (Å²) in [6.45, 7) is 6.21. The minimum Gasteiger partial charge on any atom is -0.351 e. The molecule has 0 saturated carbocycles. The van der Waals surface area contributed by atoms with E-state index < -0.39 is 6.03 Å². The van der Waals surface area contributed by atoms with Crippen molar-refractivity contribution in [3.63, 3.8) is 0 Å². The second kappa shape index (κ2) is 7.40. The summed E-state index contributed by atoms with van der Waals surface area (Å²) in [6, 6.07) is 6.27. The van der Waals surface area contributed by atoms with Gasteiger partial charge < -0.3 is 5.73 Å². The van der Waals surface area contributed by atoms with Gasteiger partial charge in [0.15, 0.2) is 0 Å². The minimum absolute atomic E-state index is 0.296. The van der Waals surface area contributed by atoms with E-state index in [0.717, 1.165) is 25.9 Å². The predicted octanol–water partition coefficient (Wildman–Crippen LogP) is 2.42. The highest BCUT2D eigenvalue weighted by Crippen LogP contribution is 2.34. The molecule has 0 radical (unpaired) electrons. The van der Waals surface area contributed by atoms with Gasteiger partial charge in [0, 0.05) is 12.5 Å². The Labute approximate surface area is 131 Å². The van der Waals surface area contributed by atoms with E-state index >= 15 is 0 Å². The topological polar surface area (TPSA) is 75.4 Å². The zero-order valence-electron chi connectivity index (χ0n) is 13.4. The molecule has 1 heterocycles. The molecule has 22 heavy (non-hydrogen) atoms. The summed E-state index contributed by atoms with van der Waals surface area (Å²) >= 11 is 0. The number of nitrogens with two attached hydrogens (primary N) is 1. The fraction of sp³-hybridized carbons (Fsp3) is 0.529. The molecule has 3 amide bonds. The van der Waals surface area contributed by atoms with Gasteiger partial charge in [-0.25, -0.2) is 4.79 Å². The van der Waals surface area contributed by atoms with Gasteiger partial charge in [-0.05, 0) is 57.3 Å². The van der Waals surface area contributed by atoms with Gasteiger partial charge in [0.1, 0.15) is 0 Å². The van der Waals surface area contributed by atoms with Crippen LogP contribution in [0.15, 0.2) is 18.2 Å². The maximum Gasteiger partial charge on any atom is 0.318 e. The molecule has 5 heteroatoms. The van der Waals surface area contributed by atoms with Gasteiger partial charge in [-0.1, -0.05) is 23.8 Å². The summed E-state index contributed by atoms with van der Waals surface area (Å²) in [5.41, 5.74) is 8.95. The Morgan fingerprint density at radius 1 is 1.36 bits per heavy atom. The molecule has 1 aliphatic heterocycles. The number of imide groups is 1. The van der Waals surface area contributed by atoms with Crippen molar-refractivity contribution in [2.75, 3.05) is 13.1 Å². The lowest BCUT2D eigenvalue weighted by molar-refractivity contribution is -0.120. The van der Waals surface area contributed by atoms with Crippen LogP contribution >= 0.6 is 0 Å². The van der Waals surface area contributed by atoms with Crippen LogP contribution in [0.2, 0.25) is 0 Å². The number of hydrogen-bond donors (Lipinski definition) is 2. The van der Waals surface area contributed by atoms with E-state index in [0.29, 0.717) is 12.5 Å². The maximum atomic E-state index is 11.4. The number of amides is 3. The molecule has 5 nitrogen and oxygen atoms in total. The quantitative estimate of drug-likeness (QED) is 0.877. The van der Waals surface area contributed by atoms with Crippen molar-refractivity contribution in [1.29, 1.82) is 0 Å². The second-order valence-electron chi connectivity index (χ2n) is 6.07. The Balaban J connectivity index is 1.92. The summed E-state index contributed by atoms with van der Waals surface area (Å²) in [4.78, 5) is 24.5. The number of primary amides is 1. The van der Waals surface area contributed by atoms with Gasteiger partial charge in [0.05, 0.1) is 0 Å². The van der Waals surface area contributed by atoms with Crippen LogP contribution in [-0.4, -0.2) is 29.9 Å². The van der Waals surface area contributed by atoms with Gasteiger partial charge >= 0.3 is 6.03 Å². The number of urea groups is 1. The van der Waals surface area contributed by atoms with Crippen LogP contribution in [0.1, 0.15) is 48.4 Å². The summed E-state index contributed by atoms with van der Waals surface area (Å²) in [5.74, 6) is -0.296. The molecule has 3 N–H and O–H groups in total. The SMILES string of the molecule is Cc1ccc(C)c([C@H]2CCCN2CCCC(=O)NC(N)=O)c1. The van der Waals surface area contributed by atoms with Crippen LogP contribution in [0.3, 0.4) is 0 Å². The van der Waals surface area contributed by atoms with Crippen molar-refractivity contribution in [3.05, 3.63) is 34.9 Å². The number of nitrogens with one attached hydrogen (secondary N) is 1. The van der Waals surface area contributed by atoms with Gasteiger partial charge in [-0.2, -0.15) is 0 Å². The molecule has 1 aliphatic rings. The van der Waals surface area contributed by atoms with Gasteiger partial charge in [0.2, 0.25) is 5.91 Å². The van der Waals surface area contributed by atoms with Crippen LogP contribution < -0.4 is 11.1 Å². The molecule has 1 atom stereocenters. The highest BCUT2D eigenvalue weighted by Gasteiger charge is 2.26. The van der Waals surface area contributed by atoms with E-state index in [4.69, 9.17) is 5.73 Å². The van der Waals surface area contributed by atoms with Crippen LogP contribution in [0.5, 0.6) is 0 Å². The summed E-state index contributed by atoms with van der Waals surface area (Å²) in [7, 11) is 0. The van der Waals surface area contributed by atoms with Crippen LogP contribution in [0.4, 0.5) is 4.79 Å². The first-order valence-electron chi connectivity index (χ1n) is 7.88. The van der Waals surface area contributed by atoms with E-state index in [9.17, 15) is 9.59 Å². The van der Waals surface area contributed by atoms with Gasteiger partial charge in [0.25, 0.3) is 0 Å². The van der Waals surface area contributed by atoms with E-state index in [-0.39, 0.29) is 5.91 Å². The molecule has 1 saturated heterocycles. The van der Waals surface area contributed by atoms with Crippen molar-refractivity contribution in [1.82, 2.24) is 10.2 Å². The Morgan fingerprint density at radius 2 is 2.14 bits per heavy atom. The number of nitrogens with zero attached hydrogens (tertiary/aromatic N) is 1. The van der Waals surface area contributed by atoms with Crippen molar-refractivity contribution in [3.8, 4) is 0 Å². The molecule has 0 spiro atoms. The third-order valence-electron chi connectivity index (χ3n) is 4.27. The minimum atomic E-state index is -0.778. The monoisotopic (exact) mass is 303 g/mol. The molecular weight excluding hydrogens is 278 g/mol. The molecule has 120 valence electrons. The number of aryl methyl sites for hydroxylation is 2. The van der Waals surface area contributed by atoms with Crippen LogP contribution in [0, 0.1) is 13.8 Å². The molecular formula is C17H25N3O2. The average molecular weight is 303 g/mol. The first kappa shape index (κ1) is 16.5. The third-order valence-corrected chi connectivity index (χ3v) is 4.27. The fourth-order valence-corrected chi connectivity index (χ4v) is 3.21. The van der Waals surface area contributed by atoms with Crippen LogP contribution in [-0.2, 0) is 4.79 Å². The lowest BCUT2D eigenvalue weighted by Crippen LogP contribution is -2.35. The molecule has 1 aromatic carbocycles. The largest absolute Gasteiger partial charge is 0.351 e. The van der Waals surface area contributed by atoms with Crippen LogP contribution in [0.25, 0.3) is 0 Å². The third kappa shape index (κ3) is 4.31. The standard InChI is InChI=1S/C17H25N3O2/c1-12-7-8-13(2)14(11-12)15-5-3-9-20(15)10-4-6-16(21)19-17(18)22/h7-8,11,15H,3-6,9-10H2,1-2H3,(H3,18,19,21,22)/t15-/m1/s1. The number of carbonyl (C=O) groups is 2. The number of benzene rings is 1. The molecule has 0 aliphatic carbocycles. The summed E-state index contributed by atoms with van der Waals surface area (Å²) in [6.07, 6.45) is 3.42. The number of carbonyl (C=O) groups excluding carboxylic acids is 2. The molecule has 2 rings (SSSR count). The molecule has 0 bridgehead atoms. The number of hydrogen-bond acceptors (Lipinski definition) is 3. The first-order chi connectivity index (χ1) is 10.5. The Hall–Kier alpha value is -1.88. The van der Waals surface area contributed by atoms with Gasteiger partial charge in [-0.15, -0.1) is 0 Å². The highest BCUT2D eigenvalue weighted by molar-refractivity contribution is 5.93. The predicted molar refractivity (Wildman–Crippen MR) is 86.4 cm³/mol. The smallest absolute Gasteiger partial charge is 0.318 e. The number of rotatable bonds is 5. The first-order valence-corrected chi connectivity index (χ1v) is 7.88. The van der Waals surface area contributed by atoms with E-state index in [1.807, 2.05) is 0 Å². The zero-order valence-corrected chi connectivity index (χ0v) is 13.4. The summed E-state index contributed by atoms with van der Waals surface area (Å²) < 4.78 is 0. The summed E-state index contributed by atoms with van der Waals surface area (Å²) in [5, 5.41) is 2.11. The maximum absolute atomic E-state index is 11.4. The molecule has 1 fully saturated rings. The van der Waals surface area contributed by atoms with E-state index in [1.54, 1.807) is 0 Å². The number of likely N-dealkylation sites (tertiary alicyclic amines) is 1. The molecule has 0 unspecified atom stereocenters. The Morgan fingerprint density at radius 3 is 2.86 bits per heavy atom. The average Bonchev–Trinajstić information content (AvgIpc) is 2.89. The Kier molecular flexibility index (Phi) is 5.55. The lowest BCUT2D eigenvalue weighted by atomic mass is 9.97. The second-order valence-corrected chi connectivity index (χ2v) is 6.07. The zero-order chi connectivity index (χ0) is 16.1. The van der Waals surface area contributed by atoms with E-state index in [1.165, 1.54) is 23.1 Å². The highest BCUT2D eigenvalue weighted by atomic mass is 16.2. The Bertz CT molecular complexity index is 557. The van der Waals surface area contributed by atoms with Crippen molar-refractivity contribution >= 4 is 11.9 Å². The van der Waals surface area contributed by atoms with E-state index in [2.05, 4.69) is 42.3 Å². The van der Waals surface area contributed by atoms with Crippen molar-refractivity contribution < 1.29 is 9.59 Å².